The van der Waals surface area contributed by atoms with Gasteiger partial charge in [0.05, 0.1) is 11.0 Å². The van der Waals surface area contributed by atoms with Crippen LogP contribution in [0.3, 0.4) is 0 Å². The molecule has 6 heteroatoms. The molecule has 1 aromatic heterocycles. The van der Waals surface area contributed by atoms with Crippen LogP contribution in [0.15, 0.2) is 35.8 Å². The van der Waals surface area contributed by atoms with Gasteiger partial charge in [-0.15, -0.1) is 11.3 Å². The molecule has 4 rings (SSSR count). The van der Waals surface area contributed by atoms with Crippen LogP contribution in [0, 0.1) is 5.92 Å². The number of aromatic nitrogens is 1. The molecule has 1 aliphatic heterocycles. The first kappa shape index (κ1) is 14.8. The molecule has 1 fully saturated rings. The van der Waals surface area contributed by atoms with E-state index in [4.69, 9.17) is 0 Å². The molecule has 0 bridgehead atoms. The summed E-state index contributed by atoms with van der Waals surface area (Å²) in [6.45, 7) is 0.637. The van der Waals surface area contributed by atoms with Gasteiger partial charge in [-0.2, -0.15) is 0 Å². The van der Waals surface area contributed by atoms with Gasteiger partial charge in [-0.1, -0.05) is 24.3 Å². The molecule has 3 N–H and O–H groups in total. The minimum atomic E-state index is -0.162. The summed E-state index contributed by atoms with van der Waals surface area (Å²) in [5, 5.41) is 6.07. The van der Waals surface area contributed by atoms with Crippen LogP contribution in [0.4, 0.5) is 0 Å². The molecule has 23 heavy (non-hydrogen) atoms. The third-order valence-corrected chi connectivity index (χ3v) is 5.63. The Morgan fingerprint density at radius 2 is 2.26 bits per heavy atom. The van der Waals surface area contributed by atoms with Gasteiger partial charge in [-0.25, -0.2) is 15.8 Å². The van der Waals surface area contributed by atoms with Crippen molar-refractivity contribution in [2.24, 2.45) is 5.92 Å². The number of nitrogens with zero attached hydrogens (tertiary/aromatic N) is 1. The maximum atomic E-state index is 12.5. The lowest BCUT2D eigenvalue weighted by atomic mass is 9.77. The van der Waals surface area contributed by atoms with Gasteiger partial charge in [-0.05, 0) is 24.0 Å². The standard InChI is InChI=1S/C17H20N4OS/c22-17(19-8-7-14-18-9-10-23-14)16-13-6-5-11-3-1-2-4-12(11)15(13)20-21-16/h1-4,9-10,13,15-16,20-21H,5-8H2,(H,19,22). The highest BCUT2D eigenvalue weighted by molar-refractivity contribution is 7.09. The molecule has 1 aliphatic carbocycles. The summed E-state index contributed by atoms with van der Waals surface area (Å²) in [5.41, 5.74) is 9.26. The molecule has 2 aromatic rings. The average Bonchev–Trinajstić information content (AvgIpc) is 3.24. The van der Waals surface area contributed by atoms with E-state index in [0.717, 1.165) is 24.3 Å². The van der Waals surface area contributed by atoms with E-state index in [2.05, 4.69) is 45.4 Å². The Morgan fingerprint density at radius 3 is 3.13 bits per heavy atom. The molecule has 2 heterocycles. The van der Waals surface area contributed by atoms with Crippen LogP contribution in [0.5, 0.6) is 0 Å². The van der Waals surface area contributed by atoms with Crippen molar-refractivity contribution in [3.8, 4) is 0 Å². The molecular weight excluding hydrogens is 308 g/mol. The van der Waals surface area contributed by atoms with E-state index < -0.39 is 0 Å². The van der Waals surface area contributed by atoms with Crippen LogP contribution >= 0.6 is 11.3 Å². The number of aryl methyl sites for hydroxylation is 1. The van der Waals surface area contributed by atoms with Gasteiger partial charge in [0.15, 0.2) is 0 Å². The van der Waals surface area contributed by atoms with Crippen LogP contribution in [-0.2, 0) is 17.6 Å². The smallest absolute Gasteiger partial charge is 0.238 e. The van der Waals surface area contributed by atoms with E-state index >= 15 is 0 Å². The number of amides is 1. The number of hydrogen-bond donors (Lipinski definition) is 3. The average molecular weight is 328 g/mol. The van der Waals surface area contributed by atoms with Crippen LogP contribution in [0.2, 0.25) is 0 Å². The highest BCUT2D eigenvalue weighted by Gasteiger charge is 2.42. The van der Waals surface area contributed by atoms with Gasteiger partial charge in [0, 0.05) is 30.5 Å². The summed E-state index contributed by atoms with van der Waals surface area (Å²) < 4.78 is 0. The first-order chi connectivity index (χ1) is 11.3. The van der Waals surface area contributed by atoms with Crippen molar-refractivity contribution in [2.75, 3.05) is 6.54 Å². The molecular formula is C17H20N4OS. The van der Waals surface area contributed by atoms with Gasteiger partial charge in [0.2, 0.25) is 5.91 Å². The zero-order valence-corrected chi connectivity index (χ0v) is 13.6. The van der Waals surface area contributed by atoms with Crippen molar-refractivity contribution < 1.29 is 4.79 Å². The van der Waals surface area contributed by atoms with Crippen LogP contribution in [0.1, 0.15) is 28.6 Å². The molecule has 1 aromatic carbocycles. The van der Waals surface area contributed by atoms with Crippen LogP contribution in [0.25, 0.3) is 0 Å². The normalized spacial score (nSPS) is 25.7. The third kappa shape index (κ3) is 2.89. The van der Waals surface area contributed by atoms with Crippen molar-refractivity contribution in [3.63, 3.8) is 0 Å². The summed E-state index contributed by atoms with van der Waals surface area (Å²) in [6.07, 6.45) is 4.67. The minimum Gasteiger partial charge on any atom is -0.354 e. The Balaban J connectivity index is 1.38. The number of rotatable bonds is 4. The predicted octanol–water partition coefficient (Wildman–Crippen LogP) is 1.58. The highest BCUT2D eigenvalue weighted by Crippen LogP contribution is 2.38. The van der Waals surface area contributed by atoms with Crippen molar-refractivity contribution in [1.82, 2.24) is 21.2 Å². The summed E-state index contributed by atoms with van der Waals surface area (Å²) in [5.74, 6) is 0.394. The lowest BCUT2D eigenvalue weighted by Crippen LogP contribution is -2.46. The summed E-state index contributed by atoms with van der Waals surface area (Å²) >= 11 is 1.63. The highest BCUT2D eigenvalue weighted by atomic mass is 32.1. The maximum Gasteiger partial charge on any atom is 0.238 e. The molecule has 0 saturated carbocycles. The van der Waals surface area contributed by atoms with E-state index in [-0.39, 0.29) is 18.0 Å². The first-order valence-corrected chi connectivity index (χ1v) is 8.96. The van der Waals surface area contributed by atoms with Crippen molar-refractivity contribution in [2.45, 2.75) is 31.3 Å². The summed E-state index contributed by atoms with van der Waals surface area (Å²) in [6, 6.07) is 8.59. The van der Waals surface area contributed by atoms with Gasteiger partial charge in [0.25, 0.3) is 0 Å². The molecule has 0 spiro atoms. The molecule has 1 saturated heterocycles. The molecule has 0 radical (unpaired) electrons. The van der Waals surface area contributed by atoms with Gasteiger partial charge in [0.1, 0.15) is 6.04 Å². The number of hydrazine groups is 1. The fourth-order valence-electron chi connectivity index (χ4n) is 3.65. The third-order valence-electron chi connectivity index (χ3n) is 4.79. The number of nitrogens with one attached hydrogen (secondary N) is 3. The first-order valence-electron chi connectivity index (χ1n) is 8.08. The van der Waals surface area contributed by atoms with Crippen molar-refractivity contribution in [1.29, 1.82) is 0 Å². The van der Waals surface area contributed by atoms with Crippen molar-refractivity contribution >= 4 is 17.2 Å². The molecule has 5 nitrogen and oxygen atoms in total. The topological polar surface area (TPSA) is 66.0 Å². The molecule has 2 aliphatic rings. The lowest BCUT2D eigenvalue weighted by molar-refractivity contribution is -0.123. The zero-order valence-electron chi connectivity index (χ0n) is 12.8. The molecule has 3 atom stereocenters. The van der Waals surface area contributed by atoms with E-state index in [1.807, 2.05) is 5.38 Å². The lowest BCUT2D eigenvalue weighted by Gasteiger charge is -2.29. The maximum absolute atomic E-state index is 12.5. The molecule has 1 amide bonds. The summed E-state index contributed by atoms with van der Waals surface area (Å²) in [4.78, 5) is 16.8. The van der Waals surface area contributed by atoms with E-state index in [1.165, 1.54) is 11.1 Å². The number of benzene rings is 1. The molecule has 3 unspecified atom stereocenters. The van der Waals surface area contributed by atoms with Crippen LogP contribution in [-0.4, -0.2) is 23.5 Å². The van der Waals surface area contributed by atoms with Gasteiger partial charge in [-0.3, -0.25) is 4.79 Å². The Kier molecular flexibility index (Phi) is 4.11. The number of fused-ring (bicyclic) bond motifs is 3. The monoisotopic (exact) mass is 328 g/mol. The van der Waals surface area contributed by atoms with Gasteiger partial charge >= 0.3 is 0 Å². The van der Waals surface area contributed by atoms with Crippen LogP contribution < -0.4 is 16.2 Å². The van der Waals surface area contributed by atoms with Gasteiger partial charge < -0.3 is 5.32 Å². The van der Waals surface area contributed by atoms with E-state index in [1.54, 1.807) is 17.5 Å². The zero-order chi connectivity index (χ0) is 15.6. The fraction of sp³-hybridized carbons (Fsp3) is 0.412. The second-order valence-corrected chi connectivity index (χ2v) is 7.09. The number of hydrogen-bond acceptors (Lipinski definition) is 5. The fourth-order valence-corrected chi connectivity index (χ4v) is 4.27. The molecule has 120 valence electrons. The van der Waals surface area contributed by atoms with E-state index in [9.17, 15) is 4.79 Å². The Labute approximate surface area is 139 Å². The Bertz CT molecular complexity index is 688. The second kappa shape index (κ2) is 6.39. The predicted molar refractivity (Wildman–Crippen MR) is 89.9 cm³/mol. The number of carbonyl (C=O) groups excluding carboxylic acids is 1. The second-order valence-electron chi connectivity index (χ2n) is 6.11. The van der Waals surface area contributed by atoms with E-state index in [0.29, 0.717) is 12.5 Å². The SMILES string of the molecule is O=C(NCCc1nccs1)C1NNC2c3ccccc3CCC12. The number of thiazole rings is 1. The van der Waals surface area contributed by atoms with Crippen molar-refractivity contribution in [3.05, 3.63) is 52.0 Å². The number of carbonyl (C=O) groups is 1. The summed E-state index contributed by atoms with van der Waals surface area (Å²) in [7, 11) is 0. The quantitative estimate of drug-likeness (QED) is 0.797. The minimum absolute atomic E-state index is 0.0842. The largest absolute Gasteiger partial charge is 0.354 e. The Hall–Kier alpha value is -1.76. The Morgan fingerprint density at radius 1 is 1.35 bits per heavy atom.